The summed E-state index contributed by atoms with van der Waals surface area (Å²) >= 11 is 0. The van der Waals surface area contributed by atoms with Gasteiger partial charge in [-0.05, 0) is 55.2 Å². The number of benzene rings is 2. The smallest absolute Gasteiger partial charge is 0.274 e. The van der Waals surface area contributed by atoms with Crippen LogP contribution in [-0.2, 0) is 11.2 Å². The molecular weight excluding hydrogens is 422 g/mol. The van der Waals surface area contributed by atoms with Crippen molar-refractivity contribution in [2.75, 3.05) is 37.7 Å². The molecule has 0 saturated carbocycles. The molecule has 1 saturated heterocycles. The van der Waals surface area contributed by atoms with Crippen molar-refractivity contribution in [3.8, 4) is 33.9 Å². The van der Waals surface area contributed by atoms with Gasteiger partial charge in [-0.3, -0.25) is 4.79 Å². The third-order valence-corrected chi connectivity index (χ3v) is 5.92. The molecule has 8 heteroatoms. The Morgan fingerprint density at radius 2 is 1.85 bits per heavy atom. The highest BCUT2D eigenvalue weighted by Gasteiger charge is 2.27. The number of rotatable bonds is 6. The van der Waals surface area contributed by atoms with Crippen molar-refractivity contribution < 1.29 is 24.3 Å². The van der Waals surface area contributed by atoms with Gasteiger partial charge >= 0.3 is 0 Å². The molecule has 4 rings (SSSR count). The van der Waals surface area contributed by atoms with Gasteiger partial charge in [-0.2, -0.15) is 0 Å². The van der Waals surface area contributed by atoms with E-state index in [9.17, 15) is 15.0 Å². The van der Waals surface area contributed by atoms with Gasteiger partial charge in [0.15, 0.2) is 11.5 Å². The van der Waals surface area contributed by atoms with Crippen molar-refractivity contribution >= 4 is 11.6 Å². The Morgan fingerprint density at radius 1 is 1.09 bits per heavy atom. The zero-order chi connectivity index (χ0) is 23.5. The summed E-state index contributed by atoms with van der Waals surface area (Å²) in [6, 6.07) is 9.01. The molecule has 33 heavy (non-hydrogen) atoms. The third kappa shape index (κ3) is 4.39. The van der Waals surface area contributed by atoms with Crippen molar-refractivity contribution in [3.63, 3.8) is 0 Å². The first-order valence-corrected chi connectivity index (χ1v) is 11.2. The number of hydrogen-bond donors (Lipinski definition) is 3. The van der Waals surface area contributed by atoms with E-state index in [4.69, 9.17) is 9.26 Å². The van der Waals surface area contributed by atoms with E-state index in [0.29, 0.717) is 42.9 Å². The van der Waals surface area contributed by atoms with Crippen molar-refractivity contribution in [3.05, 3.63) is 47.2 Å². The molecule has 1 aliphatic rings. The van der Waals surface area contributed by atoms with E-state index in [1.165, 1.54) is 6.07 Å². The van der Waals surface area contributed by atoms with E-state index < -0.39 is 0 Å². The molecule has 0 aliphatic carbocycles. The lowest BCUT2D eigenvalue weighted by Crippen LogP contribution is -2.36. The predicted octanol–water partition coefficient (Wildman–Crippen LogP) is 3.88. The zero-order valence-corrected chi connectivity index (χ0v) is 19.1. The van der Waals surface area contributed by atoms with Crippen molar-refractivity contribution in [1.29, 1.82) is 0 Å². The molecular formula is C25H29N3O5. The molecule has 8 nitrogen and oxygen atoms in total. The van der Waals surface area contributed by atoms with E-state index in [1.54, 1.807) is 6.07 Å². The number of phenolic OH excluding ortho intramolecular Hbond substituents is 2. The first-order valence-electron chi connectivity index (χ1n) is 11.2. The van der Waals surface area contributed by atoms with Crippen LogP contribution in [0.1, 0.15) is 35.5 Å². The molecule has 3 N–H and O–H groups in total. The van der Waals surface area contributed by atoms with E-state index in [1.807, 2.05) is 32.9 Å². The Bertz CT molecular complexity index is 1170. The van der Waals surface area contributed by atoms with Crippen LogP contribution in [0.15, 0.2) is 34.9 Å². The largest absolute Gasteiger partial charge is 0.508 e. The first kappa shape index (κ1) is 22.7. The van der Waals surface area contributed by atoms with Gasteiger partial charge in [0.25, 0.3) is 5.91 Å². The highest BCUT2D eigenvalue weighted by atomic mass is 16.5. The molecule has 2 aromatic carbocycles. The monoisotopic (exact) mass is 451 g/mol. The zero-order valence-electron chi connectivity index (χ0n) is 19.1. The fourth-order valence-electron chi connectivity index (χ4n) is 4.16. The summed E-state index contributed by atoms with van der Waals surface area (Å²) in [7, 11) is 0. The van der Waals surface area contributed by atoms with E-state index >= 15 is 0 Å². The minimum atomic E-state index is -0.354. The molecule has 1 fully saturated rings. The average molecular weight is 452 g/mol. The molecule has 0 bridgehead atoms. The number of phenols is 2. The number of nitrogens with zero attached hydrogens (tertiary/aromatic N) is 2. The van der Waals surface area contributed by atoms with Gasteiger partial charge in [-0.15, -0.1) is 0 Å². The van der Waals surface area contributed by atoms with E-state index in [2.05, 4.69) is 21.4 Å². The highest BCUT2D eigenvalue weighted by Crippen LogP contribution is 2.43. The number of carbonyl (C=O) groups excluding carboxylic acids is 1. The molecule has 1 amide bonds. The lowest BCUT2D eigenvalue weighted by Gasteiger charge is -2.29. The lowest BCUT2D eigenvalue weighted by molar-refractivity contribution is 0.0947. The van der Waals surface area contributed by atoms with Crippen LogP contribution in [-0.4, -0.2) is 54.1 Å². The van der Waals surface area contributed by atoms with Crippen LogP contribution in [0.2, 0.25) is 0 Å². The quantitative estimate of drug-likeness (QED) is 0.522. The van der Waals surface area contributed by atoms with Crippen molar-refractivity contribution in [2.45, 2.75) is 27.2 Å². The standard InChI is InChI=1S/C25H29N3O5/c1-4-16-13-19(21(30)14-20(16)29)24-22(23(27-33-24)25(31)26-5-2)18-7-6-17(12-15(18)3)28-8-10-32-11-9-28/h6-7,12-14,29-30H,4-5,8-11H2,1-3H3,(H,26,31). The average Bonchev–Trinajstić information content (AvgIpc) is 3.24. The molecule has 1 aromatic heterocycles. The Kier molecular flexibility index (Phi) is 6.55. The molecule has 174 valence electrons. The Balaban J connectivity index is 1.87. The van der Waals surface area contributed by atoms with Crippen molar-refractivity contribution in [2.24, 2.45) is 0 Å². The molecule has 3 aromatic rings. The summed E-state index contributed by atoms with van der Waals surface area (Å²) in [4.78, 5) is 15.1. The SMILES string of the molecule is CCNC(=O)c1noc(-c2cc(CC)c(O)cc2O)c1-c1ccc(N2CCOCC2)cc1C. The molecule has 0 radical (unpaired) electrons. The Morgan fingerprint density at radius 3 is 2.52 bits per heavy atom. The summed E-state index contributed by atoms with van der Waals surface area (Å²) in [6.45, 7) is 9.19. The van der Waals surface area contributed by atoms with Crippen LogP contribution < -0.4 is 10.2 Å². The number of aromatic nitrogens is 1. The first-order chi connectivity index (χ1) is 15.9. The van der Waals surface area contributed by atoms with Crippen LogP contribution in [0.5, 0.6) is 11.5 Å². The number of morpholine rings is 1. The van der Waals surface area contributed by atoms with Crippen LogP contribution in [0.25, 0.3) is 22.5 Å². The van der Waals surface area contributed by atoms with Gasteiger partial charge in [0.1, 0.15) is 11.5 Å². The highest BCUT2D eigenvalue weighted by molar-refractivity contribution is 6.03. The maximum atomic E-state index is 12.8. The van der Waals surface area contributed by atoms with Gasteiger partial charge in [-0.1, -0.05) is 18.1 Å². The van der Waals surface area contributed by atoms with Crippen LogP contribution in [0.4, 0.5) is 5.69 Å². The Labute approximate surface area is 192 Å². The molecule has 0 unspecified atom stereocenters. The number of ether oxygens (including phenoxy) is 1. The maximum Gasteiger partial charge on any atom is 0.274 e. The number of aryl methyl sites for hydroxylation is 2. The summed E-state index contributed by atoms with van der Waals surface area (Å²) in [5, 5.41) is 27.6. The van der Waals surface area contributed by atoms with Crippen LogP contribution >= 0.6 is 0 Å². The van der Waals surface area contributed by atoms with Gasteiger partial charge in [0.2, 0.25) is 0 Å². The third-order valence-electron chi connectivity index (χ3n) is 5.92. The van der Waals surface area contributed by atoms with E-state index in [0.717, 1.165) is 29.9 Å². The van der Waals surface area contributed by atoms with E-state index in [-0.39, 0.29) is 28.9 Å². The summed E-state index contributed by atoms with van der Waals surface area (Å²) in [5.41, 5.74) is 4.51. The van der Waals surface area contributed by atoms with Crippen LogP contribution in [0.3, 0.4) is 0 Å². The number of anilines is 1. The second kappa shape index (κ2) is 9.54. The number of carbonyl (C=O) groups is 1. The Hall–Kier alpha value is -3.52. The van der Waals surface area contributed by atoms with Gasteiger partial charge in [0.05, 0.1) is 24.3 Å². The maximum absolute atomic E-state index is 12.8. The topological polar surface area (TPSA) is 108 Å². The van der Waals surface area contributed by atoms with Crippen molar-refractivity contribution in [1.82, 2.24) is 10.5 Å². The molecule has 0 atom stereocenters. The second-order valence-electron chi connectivity index (χ2n) is 8.05. The minimum Gasteiger partial charge on any atom is -0.508 e. The molecule has 1 aliphatic heterocycles. The fourth-order valence-corrected chi connectivity index (χ4v) is 4.16. The number of aromatic hydroxyl groups is 2. The fraction of sp³-hybridized carbons (Fsp3) is 0.360. The van der Waals surface area contributed by atoms with Gasteiger partial charge in [0, 0.05) is 31.4 Å². The second-order valence-corrected chi connectivity index (χ2v) is 8.05. The normalized spacial score (nSPS) is 13.8. The van der Waals surface area contributed by atoms with Crippen LogP contribution in [0, 0.1) is 6.92 Å². The number of hydrogen-bond acceptors (Lipinski definition) is 7. The number of amides is 1. The minimum absolute atomic E-state index is 0.00908. The lowest BCUT2D eigenvalue weighted by atomic mass is 9.93. The molecule has 0 spiro atoms. The summed E-state index contributed by atoms with van der Waals surface area (Å²) in [6.07, 6.45) is 0.568. The van der Waals surface area contributed by atoms with Gasteiger partial charge < -0.3 is 29.7 Å². The van der Waals surface area contributed by atoms with Gasteiger partial charge in [-0.25, -0.2) is 0 Å². The summed E-state index contributed by atoms with van der Waals surface area (Å²) < 4.78 is 11.1. The molecule has 2 heterocycles. The summed E-state index contributed by atoms with van der Waals surface area (Å²) in [5.74, 6) is -0.208. The number of nitrogens with one attached hydrogen (secondary N) is 1. The predicted molar refractivity (Wildman–Crippen MR) is 126 cm³/mol.